The second kappa shape index (κ2) is 11.1. The molecule has 0 saturated heterocycles. The van der Waals surface area contributed by atoms with Crippen LogP contribution in [0, 0.1) is 0 Å². The summed E-state index contributed by atoms with van der Waals surface area (Å²) >= 11 is 0. The van der Waals surface area contributed by atoms with Gasteiger partial charge in [-0.1, -0.05) is 79.4 Å². The van der Waals surface area contributed by atoms with E-state index in [1.54, 1.807) is 0 Å². The number of carbonyl (C=O) groups is 2. The molecule has 0 aliphatic heterocycles. The highest BCUT2D eigenvalue weighted by molar-refractivity contribution is 5.91. The predicted octanol–water partition coefficient (Wildman–Crippen LogP) is 4.92. The zero-order valence-electron chi connectivity index (χ0n) is 19.7. The molecular weight excluding hydrogens is 428 g/mol. The van der Waals surface area contributed by atoms with E-state index in [9.17, 15) is 9.59 Å². The second-order valence-corrected chi connectivity index (χ2v) is 9.06. The van der Waals surface area contributed by atoms with Crippen LogP contribution >= 0.6 is 0 Å². The van der Waals surface area contributed by atoms with Gasteiger partial charge in [-0.25, -0.2) is 0 Å². The number of aryl methyl sites for hydroxylation is 1. The van der Waals surface area contributed by atoms with Gasteiger partial charge < -0.3 is 15.2 Å². The Labute approximate surface area is 200 Å². The molecule has 0 spiro atoms. The zero-order chi connectivity index (χ0) is 23.8. The smallest absolute Gasteiger partial charge is 0.227 e. The van der Waals surface area contributed by atoms with E-state index in [4.69, 9.17) is 4.52 Å². The van der Waals surface area contributed by atoms with Gasteiger partial charge in [0.05, 0.1) is 0 Å². The topological polar surface area (TPSA) is 97.1 Å². The van der Waals surface area contributed by atoms with Gasteiger partial charge in [0.25, 0.3) is 0 Å². The van der Waals surface area contributed by atoms with Crippen LogP contribution in [0.1, 0.15) is 74.7 Å². The monoisotopic (exact) mass is 460 g/mol. The molecule has 1 aliphatic carbocycles. The Kier molecular flexibility index (Phi) is 7.72. The van der Waals surface area contributed by atoms with Crippen LogP contribution in [0.3, 0.4) is 0 Å². The molecule has 2 amide bonds. The molecule has 7 heteroatoms. The van der Waals surface area contributed by atoms with Crippen molar-refractivity contribution in [3.05, 3.63) is 77.4 Å². The van der Waals surface area contributed by atoms with Crippen LogP contribution in [0.25, 0.3) is 0 Å². The minimum absolute atomic E-state index is 0.0956. The first kappa shape index (κ1) is 23.7. The molecule has 1 saturated carbocycles. The van der Waals surface area contributed by atoms with Crippen molar-refractivity contribution in [2.45, 2.75) is 70.3 Å². The predicted molar refractivity (Wildman–Crippen MR) is 130 cm³/mol. The minimum Gasteiger partial charge on any atom is -0.343 e. The Balaban J connectivity index is 1.38. The van der Waals surface area contributed by atoms with Crippen LogP contribution in [0.2, 0.25) is 0 Å². The van der Waals surface area contributed by atoms with Gasteiger partial charge in [0, 0.05) is 25.5 Å². The molecule has 0 bridgehead atoms. The molecular formula is C27H32N4O3. The number of anilines is 1. The number of para-hydroxylation sites is 1. The zero-order valence-corrected chi connectivity index (χ0v) is 19.7. The van der Waals surface area contributed by atoms with E-state index in [0.29, 0.717) is 18.1 Å². The summed E-state index contributed by atoms with van der Waals surface area (Å²) in [5, 5.41) is 10.3. The van der Waals surface area contributed by atoms with Crippen molar-refractivity contribution in [1.29, 1.82) is 0 Å². The van der Waals surface area contributed by atoms with Crippen LogP contribution in [-0.2, 0) is 28.0 Å². The highest BCUT2D eigenvalue weighted by Gasteiger charge is 2.38. The molecule has 7 nitrogen and oxygen atoms in total. The summed E-state index contributed by atoms with van der Waals surface area (Å²) in [4.78, 5) is 29.2. The normalized spacial score (nSPS) is 15.3. The largest absolute Gasteiger partial charge is 0.343 e. The van der Waals surface area contributed by atoms with E-state index in [0.717, 1.165) is 56.2 Å². The quantitative estimate of drug-likeness (QED) is 0.465. The molecule has 0 unspecified atom stereocenters. The molecule has 1 aromatic heterocycles. The van der Waals surface area contributed by atoms with E-state index in [-0.39, 0.29) is 18.2 Å². The maximum atomic E-state index is 12.7. The number of hydrogen-bond donors (Lipinski definition) is 2. The Hall–Kier alpha value is -3.48. The minimum atomic E-state index is -0.581. The molecule has 4 rings (SSSR count). The molecule has 1 aliphatic rings. The number of hydrogen-bond acceptors (Lipinski definition) is 5. The summed E-state index contributed by atoms with van der Waals surface area (Å²) in [5.74, 6) is 0.734. The number of carbonyl (C=O) groups excluding carboxylic acids is 2. The lowest BCUT2D eigenvalue weighted by Crippen LogP contribution is -2.45. The van der Waals surface area contributed by atoms with Crippen molar-refractivity contribution in [3.63, 3.8) is 0 Å². The van der Waals surface area contributed by atoms with Gasteiger partial charge in [0.1, 0.15) is 5.54 Å². The Morgan fingerprint density at radius 3 is 2.41 bits per heavy atom. The van der Waals surface area contributed by atoms with Crippen molar-refractivity contribution in [3.8, 4) is 0 Å². The molecule has 1 fully saturated rings. The van der Waals surface area contributed by atoms with Gasteiger partial charge in [-0.15, -0.1) is 0 Å². The van der Waals surface area contributed by atoms with Crippen LogP contribution in [0.5, 0.6) is 0 Å². The number of nitrogens with zero attached hydrogens (tertiary/aromatic N) is 2. The summed E-state index contributed by atoms with van der Waals surface area (Å²) in [7, 11) is 0. The lowest BCUT2D eigenvalue weighted by atomic mass is 9.89. The van der Waals surface area contributed by atoms with Crippen LogP contribution in [-0.4, -0.2) is 22.0 Å². The number of aromatic nitrogens is 2. The number of rotatable bonds is 8. The van der Waals surface area contributed by atoms with Gasteiger partial charge in [0.15, 0.2) is 5.82 Å². The molecule has 2 N–H and O–H groups in total. The number of benzene rings is 2. The Bertz CT molecular complexity index is 1100. The summed E-state index contributed by atoms with van der Waals surface area (Å²) in [5.41, 5.74) is 2.48. The maximum Gasteiger partial charge on any atom is 0.227 e. The molecule has 3 aromatic rings. The lowest BCUT2D eigenvalue weighted by molar-refractivity contribution is -0.121. The van der Waals surface area contributed by atoms with Gasteiger partial charge >= 0.3 is 0 Å². The van der Waals surface area contributed by atoms with E-state index >= 15 is 0 Å². The van der Waals surface area contributed by atoms with Gasteiger partial charge in [-0.05, 0) is 36.5 Å². The SMILES string of the molecule is CC(=O)NC1(c2noc(CCC(=O)Nc3ccccc3Cc3ccccc3)n2)CCCCCC1. The van der Waals surface area contributed by atoms with Crippen LogP contribution < -0.4 is 10.6 Å². The third kappa shape index (κ3) is 6.10. The van der Waals surface area contributed by atoms with Crippen molar-refractivity contribution in [2.75, 3.05) is 5.32 Å². The molecule has 0 atom stereocenters. The van der Waals surface area contributed by atoms with Crippen molar-refractivity contribution in [1.82, 2.24) is 15.5 Å². The second-order valence-electron chi connectivity index (χ2n) is 9.06. The number of nitrogens with one attached hydrogen (secondary N) is 2. The summed E-state index contributed by atoms with van der Waals surface area (Å²) in [6, 6.07) is 18.0. The average Bonchev–Trinajstić information content (AvgIpc) is 3.19. The number of amides is 2. The third-order valence-corrected chi connectivity index (χ3v) is 6.36. The molecule has 34 heavy (non-hydrogen) atoms. The average molecular weight is 461 g/mol. The van der Waals surface area contributed by atoms with E-state index < -0.39 is 5.54 Å². The maximum absolute atomic E-state index is 12.7. The molecule has 2 aromatic carbocycles. The molecule has 1 heterocycles. The molecule has 178 valence electrons. The van der Waals surface area contributed by atoms with Crippen molar-refractivity contribution in [2.24, 2.45) is 0 Å². The molecule has 0 radical (unpaired) electrons. The third-order valence-electron chi connectivity index (χ3n) is 6.36. The highest BCUT2D eigenvalue weighted by Crippen LogP contribution is 2.34. The summed E-state index contributed by atoms with van der Waals surface area (Å²) in [6.45, 7) is 1.52. The van der Waals surface area contributed by atoms with Crippen molar-refractivity contribution < 1.29 is 14.1 Å². The fourth-order valence-electron chi connectivity index (χ4n) is 4.67. The lowest BCUT2D eigenvalue weighted by Gasteiger charge is -2.30. The van der Waals surface area contributed by atoms with E-state index in [2.05, 4.69) is 32.9 Å². The fraction of sp³-hybridized carbons (Fsp3) is 0.407. The Morgan fingerprint density at radius 2 is 1.68 bits per heavy atom. The van der Waals surface area contributed by atoms with Gasteiger partial charge in [-0.2, -0.15) is 4.98 Å². The first-order chi connectivity index (χ1) is 16.5. The first-order valence-electron chi connectivity index (χ1n) is 12.1. The van der Waals surface area contributed by atoms with Crippen LogP contribution in [0.4, 0.5) is 5.69 Å². The first-order valence-corrected chi connectivity index (χ1v) is 12.1. The van der Waals surface area contributed by atoms with Gasteiger partial charge in [0.2, 0.25) is 17.7 Å². The fourth-order valence-corrected chi connectivity index (χ4v) is 4.67. The summed E-state index contributed by atoms with van der Waals surface area (Å²) < 4.78 is 5.48. The van der Waals surface area contributed by atoms with Crippen molar-refractivity contribution >= 4 is 17.5 Å². The van der Waals surface area contributed by atoms with Crippen LogP contribution in [0.15, 0.2) is 59.1 Å². The summed E-state index contributed by atoms with van der Waals surface area (Å²) in [6.07, 6.45) is 7.20. The highest BCUT2D eigenvalue weighted by atomic mass is 16.5. The van der Waals surface area contributed by atoms with E-state index in [1.807, 2.05) is 42.5 Å². The van der Waals surface area contributed by atoms with Gasteiger partial charge in [-0.3, -0.25) is 9.59 Å². The Morgan fingerprint density at radius 1 is 0.971 bits per heavy atom. The standard InChI is InChI=1S/C27H32N4O3/c1-20(32)30-27(17-9-2-3-10-18-27)26-29-25(34-31-26)16-15-24(33)28-23-14-8-7-13-22(23)19-21-11-5-4-6-12-21/h4-8,11-14H,2-3,9-10,15-19H2,1H3,(H,28,33)(H,30,32). The van der Waals surface area contributed by atoms with E-state index in [1.165, 1.54) is 12.5 Å².